The highest BCUT2D eigenvalue weighted by atomic mass is 19.3. The zero-order chi connectivity index (χ0) is 10.5. The highest BCUT2D eigenvalue weighted by Gasteiger charge is 2.49. The molecule has 2 saturated carbocycles. The molecule has 3 fully saturated rings. The first kappa shape index (κ1) is 10.0. The van der Waals surface area contributed by atoms with E-state index in [-0.39, 0.29) is 18.4 Å². The van der Waals surface area contributed by atoms with E-state index in [4.69, 9.17) is 4.74 Å². The molecule has 0 bridgehead atoms. The molecule has 0 N–H and O–H groups in total. The highest BCUT2D eigenvalue weighted by Crippen LogP contribution is 2.51. The molecule has 0 radical (unpaired) electrons. The molecular weight excluding hydrogens is 198 g/mol. The maximum atomic E-state index is 13.1. The van der Waals surface area contributed by atoms with Crippen molar-refractivity contribution in [3.8, 4) is 0 Å². The van der Waals surface area contributed by atoms with Crippen LogP contribution in [0.2, 0.25) is 0 Å². The van der Waals surface area contributed by atoms with Crippen molar-refractivity contribution in [3.05, 3.63) is 0 Å². The molecule has 1 saturated heterocycles. The van der Waals surface area contributed by atoms with Gasteiger partial charge in [0.2, 0.25) is 5.92 Å². The predicted octanol–water partition coefficient (Wildman–Crippen LogP) is 3.38. The molecule has 3 aliphatic rings. The zero-order valence-corrected chi connectivity index (χ0v) is 8.98. The normalized spacial score (nSPS) is 42.0. The molecule has 1 nitrogen and oxygen atoms in total. The third-order valence-corrected chi connectivity index (χ3v) is 4.54. The van der Waals surface area contributed by atoms with Gasteiger partial charge in [0, 0.05) is 12.8 Å². The van der Waals surface area contributed by atoms with Crippen molar-refractivity contribution in [1.29, 1.82) is 0 Å². The Morgan fingerprint density at radius 3 is 2.40 bits per heavy atom. The second-order valence-corrected chi connectivity index (χ2v) is 5.64. The van der Waals surface area contributed by atoms with E-state index in [0.717, 1.165) is 24.9 Å². The molecule has 1 aliphatic heterocycles. The lowest BCUT2D eigenvalue weighted by molar-refractivity contribution is -0.134. The summed E-state index contributed by atoms with van der Waals surface area (Å²) in [6.45, 7) is 0.830. The van der Waals surface area contributed by atoms with Gasteiger partial charge in [-0.15, -0.1) is 0 Å². The number of alkyl halides is 2. The maximum absolute atomic E-state index is 13.1. The lowest BCUT2D eigenvalue weighted by Crippen LogP contribution is -2.40. The summed E-state index contributed by atoms with van der Waals surface area (Å²) in [4.78, 5) is 0. The van der Waals surface area contributed by atoms with Crippen LogP contribution in [0.3, 0.4) is 0 Å². The van der Waals surface area contributed by atoms with E-state index in [1.807, 2.05) is 0 Å². The Bertz CT molecular complexity index is 240. The van der Waals surface area contributed by atoms with Crippen LogP contribution < -0.4 is 0 Å². The molecule has 86 valence electrons. The summed E-state index contributed by atoms with van der Waals surface area (Å²) in [5, 5.41) is 0. The minimum Gasteiger partial charge on any atom is -0.375 e. The van der Waals surface area contributed by atoms with Crippen LogP contribution in [0.5, 0.6) is 0 Å². The molecule has 3 rings (SSSR count). The summed E-state index contributed by atoms with van der Waals surface area (Å²) in [6, 6.07) is 0. The van der Waals surface area contributed by atoms with Gasteiger partial charge in [0.05, 0.1) is 12.2 Å². The smallest absolute Gasteiger partial charge is 0.248 e. The Balaban J connectivity index is 1.65. The first-order valence-electron chi connectivity index (χ1n) is 6.10. The lowest BCUT2D eigenvalue weighted by atomic mass is 9.79. The SMILES string of the molecule is FC1(F)CCC2(CC[C@H]3C[C@@H]3CO2)CC1. The van der Waals surface area contributed by atoms with Crippen LogP contribution >= 0.6 is 0 Å². The van der Waals surface area contributed by atoms with Crippen molar-refractivity contribution in [2.24, 2.45) is 11.8 Å². The molecule has 0 aromatic rings. The number of fused-ring (bicyclic) bond motifs is 1. The molecule has 2 atom stereocenters. The molecule has 0 amide bonds. The van der Waals surface area contributed by atoms with Crippen LogP contribution in [0.4, 0.5) is 8.78 Å². The molecule has 1 heterocycles. The standard InChI is InChI=1S/C12H18F2O/c13-12(14)5-3-11(4-6-12)2-1-9-7-10(9)8-15-11/h9-10H,1-8H2/t9-,10+/m0/s1. The van der Waals surface area contributed by atoms with Crippen LogP contribution in [-0.2, 0) is 4.74 Å². The fourth-order valence-corrected chi connectivity index (χ4v) is 3.14. The van der Waals surface area contributed by atoms with Gasteiger partial charge in [-0.3, -0.25) is 0 Å². The van der Waals surface area contributed by atoms with Crippen LogP contribution in [0.1, 0.15) is 44.9 Å². The Labute approximate surface area is 89.2 Å². The number of hydrogen-bond donors (Lipinski definition) is 0. The lowest BCUT2D eigenvalue weighted by Gasteiger charge is -2.39. The monoisotopic (exact) mass is 216 g/mol. The van der Waals surface area contributed by atoms with Crippen LogP contribution in [-0.4, -0.2) is 18.1 Å². The zero-order valence-electron chi connectivity index (χ0n) is 8.98. The summed E-state index contributed by atoms with van der Waals surface area (Å²) < 4.78 is 32.1. The van der Waals surface area contributed by atoms with E-state index >= 15 is 0 Å². The predicted molar refractivity (Wildman–Crippen MR) is 52.9 cm³/mol. The van der Waals surface area contributed by atoms with Crippen molar-refractivity contribution in [3.63, 3.8) is 0 Å². The van der Waals surface area contributed by atoms with Crippen molar-refractivity contribution < 1.29 is 13.5 Å². The van der Waals surface area contributed by atoms with Gasteiger partial charge < -0.3 is 4.74 Å². The van der Waals surface area contributed by atoms with Crippen LogP contribution in [0.15, 0.2) is 0 Å². The minimum absolute atomic E-state index is 0.0301. The van der Waals surface area contributed by atoms with E-state index in [1.54, 1.807) is 0 Å². The molecule has 1 spiro atoms. The fraction of sp³-hybridized carbons (Fsp3) is 1.00. The third kappa shape index (κ3) is 1.91. The minimum atomic E-state index is -2.43. The van der Waals surface area contributed by atoms with Gasteiger partial charge in [-0.1, -0.05) is 0 Å². The van der Waals surface area contributed by atoms with Crippen molar-refractivity contribution in [2.75, 3.05) is 6.61 Å². The average Bonchev–Trinajstić information content (AvgIpc) is 2.93. The van der Waals surface area contributed by atoms with E-state index in [1.165, 1.54) is 12.8 Å². The largest absolute Gasteiger partial charge is 0.375 e. The van der Waals surface area contributed by atoms with Gasteiger partial charge in [-0.2, -0.15) is 0 Å². The van der Waals surface area contributed by atoms with Gasteiger partial charge >= 0.3 is 0 Å². The van der Waals surface area contributed by atoms with Crippen LogP contribution in [0.25, 0.3) is 0 Å². The number of halogens is 2. The van der Waals surface area contributed by atoms with Gasteiger partial charge in [-0.05, 0) is 43.9 Å². The topological polar surface area (TPSA) is 9.23 Å². The molecule has 0 aromatic heterocycles. The van der Waals surface area contributed by atoms with E-state index in [2.05, 4.69) is 0 Å². The first-order chi connectivity index (χ1) is 7.09. The Morgan fingerprint density at radius 1 is 0.933 bits per heavy atom. The Morgan fingerprint density at radius 2 is 1.67 bits per heavy atom. The fourth-order valence-electron chi connectivity index (χ4n) is 3.14. The first-order valence-corrected chi connectivity index (χ1v) is 6.10. The summed E-state index contributed by atoms with van der Waals surface area (Å²) in [7, 11) is 0. The molecule has 2 aliphatic carbocycles. The maximum Gasteiger partial charge on any atom is 0.248 e. The number of rotatable bonds is 0. The van der Waals surface area contributed by atoms with E-state index in [0.29, 0.717) is 12.8 Å². The van der Waals surface area contributed by atoms with Gasteiger partial charge in [-0.25, -0.2) is 8.78 Å². The van der Waals surface area contributed by atoms with Crippen molar-refractivity contribution in [1.82, 2.24) is 0 Å². The number of ether oxygens (including phenoxy) is 1. The second kappa shape index (κ2) is 3.16. The number of hydrogen-bond acceptors (Lipinski definition) is 1. The molecule has 0 aromatic carbocycles. The summed E-state index contributed by atoms with van der Waals surface area (Å²) >= 11 is 0. The Hall–Kier alpha value is -0.180. The van der Waals surface area contributed by atoms with Gasteiger partial charge in [0.1, 0.15) is 0 Å². The van der Waals surface area contributed by atoms with E-state index < -0.39 is 5.92 Å². The van der Waals surface area contributed by atoms with Crippen molar-refractivity contribution >= 4 is 0 Å². The summed E-state index contributed by atoms with van der Waals surface area (Å²) in [6.07, 6.45) is 4.73. The third-order valence-electron chi connectivity index (χ3n) is 4.54. The second-order valence-electron chi connectivity index (χ2n) is 5.64. The summed E-state index contributed by atoms with van der Waals surface area (Å²) in [5.41, 5.74) is -0.172. The molecule has 15 heavy (non-hydrogen) atoms. The highest BCUT2D eigenvalue weighted by molar-refractivity contribution is 4.97. The van der Waals surface area contributed by atoms with Crippen molar-refractivity contribution in [2.45, 2.75) is 56.5 Å². The van der Waals surface area contributed by atoms with Crippen LogP contribution in [0, 0.1) is 11.8 Å². The molecular formula is C12H18F2O. The average molecular weight is 216 g/mol. The molecule has 3 heteroatoms. The Kier molecular flexibility index (Phi) is 2.11. The molecule has 0 unspecified atom stereocenters. The van der Waals surface area contributed by atoms with Gasteiger partial charge in [0.25, 0.3) is 0 Å². The summed E-state index contributed by atoms with van der Waals surface area (Å²) in [5.74, 6) is -0.817. The van der Waals surface area contributed by atoms with Gasteiger partial charge in [0.15, 0.2) is 0 Å². The van der Waals surface area contributed by atoms with E-state index in [9.17, 15) is 8.78 Å². The quantitative estimate of drug-likeness (QED) is 0.603.